The van der Waals surface area contributed by atoms with Gasteiger partial charge in [-0.2, -0.15) is 0 Å². The highest BCUT2D eigenvalue weighted by molar-refractivity contribution is 14.0. The van der Waals surface area contributed by atoms with Crippen LogP contribution in [-0.2, 0) is 6.54 Å². The van der Waals surface area contributed by atoms with Crippen LogP contribution < -0.4 is 20.3 Å². The second-order valence-electron chi connectivity index (χ2n) is 7.02. The summed E-state index contributed by atoms with van der Waals surface area (Å²) in [5, 5.41) is 16.7. The van der Waals surface area contributed by atoms with E-state index < -0.39 is 0 Å². The zero-order chi connectivity index (χ0) is 20.5. The molecule has 0 spiro atoms. The molecule has 7 nitrogen and oxygen atoms in total. The van der Waals surface area contributed by atoms with Crippen molar-refractivity contribution < 1.29 is 9.84 Å². The first-order valence-electron chi connectivity index (χ1n) is 10.3. The number of halogens is 1. The van der Waals surface area contributed by atoms with E-state index in [-0.39, 0.29) is 29.7 Å². The molecule has 3 N–H and O–H groups in total. The number of guanidine groups is 1. The zero-order valence-corrected chi connectivity index (χ0v) is 20.0. The number of rotatable bonds is 7. The average molecular weight is 525 g/mol. The van der Waals surface area contributed by atoms with Gasteiger partial charge in [0.05, 0.1) is 13.2 Å². The lowest BCUT2D eigenvalue weighted by Crippen LogP contribution is -2.48. The van der Waals surface area contributed by atoms with E-state index in [0.29, 0.717) is 24.9 Å². The third kappa shape index (κ3) is 6.93. The van der Waals surface area contributed by atoms with Crippen molar-refractivity contribution in [1.29, 1.82) is 0 Å². The molecule has 1 fully saturated rings. The number of benzene rings is 1. The molecule has 164 valence electrons. The van der Waals surface area contributed by atoms with Gasteiger partial charge in [0.25, 0.3) is 0 Å². The van der Waals surface area contributed by atoms with E-state index in [0.717, 1.165) is 49.8 Å². The molecule has 0 saturated carbocycles. The van der Waals surface area contributed by atoms with E-state index in [1.807, 2.05) is 37.4 Å². The van der Waals surface area contributed by atoms with Crippen molar-refractivity contribution in [2.75, 3.05) is 31.1 Å². The smallest absolute Gasteiger partial charge is 0.191 e. The highest BCUT2D eigenvalue weighted by atomic mass is 127. The van der Waals surface area contributed by atoms with Gasteiger partial charge >= 0.3 is 0 Å². The third-order valence-electron chi connectivity index (χ3n) is 4.90. The third-order valence-corrected chi connectivity index (χ3v) is 4.90. The molecule has 0 unspecified atom stereocenters. The summed E-state index contributed by atoms with van der Waals surface area (Å²) in [6.45, 7) is 7.75. The standard InChI is InChI=1S/C22H31N5O2.HI/c1-3-23-22(25-16-17-8-9-19(28)20(15-17)29-4-2)26-18-10-13-27(14-11-18)21-7-5-6-12-24-21;/h5-9,12,15,18,28H,3-4,10-11,13-14,16H2,1-2H3,(H2,23,25,26);1H. The van der Waals surface area contributed by atoms with Gasteiger partial charge < -0.3 is 25.4 Å². The van der Waals surface area contributed by atoms with E-state index in [1.165, 1.54) is 0 Å². The highest BCUT2D eigenvalue weighted by Crippen LogP contribution is 2.27. The number of nitrogens with one attached hydrogen (secondary N) is 2. The van der Waals surface area contributed by atoms with Gasteiger partial charge in [0.2, 0.25) is 0 Å². The van der Waals surface area contributed by atoms with E-state index in [4.69, 9.17) is 9.73 Å². The summed E-state index contributed by atoms with van der Waals surface area (Å²) in [6.07, 6.45) is 3.92. The van der Waals surface area contributed by atoms with Gasteiger partial charge in [-0.1, -0.05) is 12.1 Å². The summed E-state index contributed by atoms with van der Waals surface area (Å²) < 4.78 is 5.46. The summed E-state index contributed by atoms with van der Waals surface area (Å²) in [4.78, 5) is 11.5. The molecule has 0 bridgehead atoms. The SMILES string of the molecule is CCNC(=NCc1ccc(O)c(OCC)c1)NC1CCN(c2ccccn2)CC1.I. The van der Waals surface area contributed by atoms with Crippen LogP contribution in [0, 0.1) is 0 Å². The fourth-order valence-electron chi connectivity index (χ4n) is 3.41. The summed E-state index contributed by atoms with van der Waals surface area (Å²) in [5.74, 6) is 2.52. The molecule has 0 amide bonds. The molecular weight excluding hydrogens is 493 g/mol. The minimum absolute atomic E-state index is 0. The van der Waals surface area contributed by atoms with Crippen LogP contribution in [-0.4, -0.2) is 48.3 Å². The van der Waals surface area contributed by atoms with Crippen molar-refractivity contribution in [2.24, 2.45) is 4.99 Å². The summed E-state index contributed by atoms with van der Waals surface area (Å²) in [5.41, 5.74) is 0.994. The Balaban J connectivity index is 0.00000320. The number of hydrogen-bond acceptors (Lipinski definition) is 5. The van der Waals surface area contributed by atoms with Gasteiger partial charge in [-0.3, -0.25) is 0 Å². The first kappa shape index (κ1) is 24.0. The quantitative estimate of drug-likeness (QED) is 0.292. The Morgan fingerprint density at radius 1 is 1.23 bits per heavy atom. The van der Waals surface area contributed by atoms with Gasteiger partial charge in [-0.05, 0) is 56.5 Å². The largest absolute Gasteiger partial charge is 0.504 e. The van der Waals surface area contributed by atoms with Crippen molar-refractivity contribution in [1.82, 2.24) is 15.6 Å². The molecule has 0 radical (unpaired) electrons. The lowest BCUT2D eigenvalue weighted by molar-refractivity contribution is 0.318. The van der Waals surface area contributed by atoms with Crippen LogP contribution in [0.2, 0.25) is 0 Å². The predicted octanol–water partition coefficient (Wildman–Crippen LogP) is 3.53. The van der Waals surface area contributed by atoms with Crippen LogP contribution in [0.4, 0.5) is 5.82 Å². The monoisotopic (exact) mass is 525 g/mol. The number of aliphatic imine (C=N–C) groups is 1. The average Bonchev–Trinajstić information content (AvgIpc) is 2.75. The maximum absolute atomic E-state index is 9.85. The molecule has 1 aliphatic rings. The van der Waals surface area contributed by atoms with Gasteiger partial charge in [0.15, 0.2) is 17.5 Å². The zero-order valence-electron chi connectivity index (χ0n) is 17.7. The summed E-state index contributed by atoms with van der Waals surface area (Å²) in [6, 6.07) is 11.8. The van der Waals surface area contributed by atoms with Crippen LogP contribution in [0.15, 0.2) is 47.6 Å². The van der Waals surface area contributed by atoms with Crippen LogP contribution in [0.1, 0.15) is 32.3 Å². The molecule has 1 aliphatic heterocycles. The fourth-order valence-corrected chi connectivity index (χ4v) is 3.41. The molecular formula is C22H32IN5O2. The Morgan fingerprint density at radius 2 is 2.03 bits per heavy atom. The van der Waals surface area contributed by atoms with Crippen LogP contribution in [0.5, 0.6) is 11.5 Å². The Bertz CT molecular complexity index is 795. The number of ether oxygens (including phenoxy) is 1. The topological polar surface area (TPSA) is 82.0 Å². The maximum Gasteiger partial charge on any atom is 0.191 e. The van der Waals surface area contributed by atoms with E-state index >= 15 is 0 Å². The number of phenolic OH excluding ortho intramolecular Hbond substituents is 1. The molecule has 8 heteroatoms. The Labute approximate surface area is 196 Å². The molecule has 3 rings (SSSR count). The molecule has 1 aromatic heterocycles. The molecule has 2 aromatic rings. The number of aromatic hydroxyl groups is 1. The number of aromatic nitrogens is 1. The van der Waals surface area contributed by atoms with Crippen molar-refractivity contribution >= 4 is 35.8 Å². The summed E-state index contributed by atoms with van der Waals surface area (Å²) >= 11 is 0. The van der Waals surface area contributed by atoms with Crippen molar-refractivity contribution in [3.63, 3.8) is 0 Å². The number of hydrogen-bond donors (Lipinski definition) is 3. The van der Waals surface area contributed by atoms with Gasteiger partial charge in [-0.25, -0.2) is 9.98 Å². The molecule has 1 aromatic carbocycles. The molecule has 0 atom stereocenters. The molecule has 1 saturated heterocycles. The number of anilines is 1. The highest BCUT2D eigenvalue weighted by Gasteiger charge is 2.20. The van der Waals surface area contributed by atoms with Gasteiger partial charge in [-0.15, -0.1) is 24.0 Å². The molecule has 0 aliphatic carbocycles. The Morgan fingerprint density at radius 3 is 2.70 bits per heavy atom. The van der Waals surface area contributed by atoms with Crippen molar-refractivity contribution in [3.8, 4) is 11.5 Å². The summed E-state index contributed by atoms with van der Waals surface area (Å²) in [7, 11) is 0. The lowest BCUT2D eigenvalue weighted by Gasteiger charge is -2.33. The normalized spacial score (nSPS) is 14.7. The number of piperidine rings is 1. The Kier molecular flexibility index (Phi) is 9.99. The van der Waals surface area contributed by atoms with E-state index in [1.54, 1.807) is 6.07 Å². The van der Waals surface area contributed by atoms with Crippen LogP contribution in [0.25, 0.3) is 0 Å². The van der Waals surface area contributed by atoms with Crippen molar-refractivity contribution in [2.45, 2.75) is 39.3 Å². The first-order chi connectivity index (χ1) is 14.2. The van der Waals surface area contributed by atoms with Crippen molar-refractivity contribution in [3.05, 3.63) is 48.2 Å². The second kappa shape index (κ2) is 12.5. The van der Waals surface area contributed by atoms with Crippen LogP contribution in [0.3, 0.4) is 0 Å². The number of pyridine rings is 1. The molecule has 30 heavy (non-hydrogen) atoms. The maximum atomic E-state index is 9.85. The minimum atomic E-state index is 0. The van der Waals surface area contributed by atoms with Crippen LogP contribution >= 0.6 is 24.0 Å². The second-order valence-corrected chi connectivity index (χ2v) is 7.02. The van der Waals surface area contributed by atoms with Gasteiger partial charge in [0, 0.05) is 31.9 Å². The Hall–Kier alpha value is -2.23. The molecule has 2 heterocycles. The fraction of sp³-hybridized carbons (Fsp3) is 0.455. The predicted molar refractivity (Wildman–Crippen MR) is 132 cm³/mol. The minimum Gasteiger partial charge on any atom is -0.504 e. The lowest BCUT2D eigenvalue weighted by atomic mass is 10.1. The number of nitrogens with zero attached hydrogens (tertiary/aromatic N) is 3. The number of phenols is 1. The van der Waals surface area contributed by atoms with E-state index in [9.17, 15) is 5.11 Å². The van der Waals surface area contributed by atoms with Gasteiger partial charge in [0.1, 0.15) is 5.82 Å². The van der Waals surface area contributed by atoms with E-state index in [2.05, 4.69) is 33.5 Å². The first-order valence-corrected chi connectivity index (χ1v) is 10.3.